The molecule has 0 saturated heterocycles. The topological polar surface area (TPSA) is 96.9 Å². The summed E-state index contributed by atoms with van der Waals surface area (Å²) in [5, 5.41) is 20.0. The Morgan fingerprint density at radius 3 is 2.71 bits per heavy atom. The van der Waals surface area contributed by atoms with Crippen LogP contribution in [0.5, 0.6) is 0 Å². The molecular formula is C15H11N3O3. The number of ketones is 1. The zero-order valence-corrected chi connectivity index (χ0v) is 11.2. The summed E-state index contributed by atoms with van der Waals surface area (Å²) in [5.74, 6) is -1.37. The number of nitro benzene ring substituents is 1. The molecule has 0 N–H and O–H groups in total. The highest BCUT2D eigenvalue weighted by atomic mass is 16.6. The molecule has 0 fully saturated rings. The average Bonchev–Trinajstić information content (AvgIpc) is 2.48. The number of carbonyl (C=O) groups is 1. The molecule has 1 heterocycles. The van der Waals surface area contributed by atoms with Gasteiger partial charge in [0, 0.05) is 29.6 Å². The molecule has 0 bridgehead atoms. The van der Waals surface area contributed by atoms with E-state index >= 15 is 0 Å². The first-order valence-corrected chi connectivity index (χ1v) is 6.13. The third-order valence-electron chi connectivity index (χ3n) is 3.09. The number of aromatic nitrogens is 1. The van der Waals surface area contributed by atoms with Crippen LogP contribution in [0, 0.1) is 28.4 Å². The Balaban J connectivity index is 2.38. The highest BCUT2D eigenvalue weighted by Crippen LogP contribution is 2.24. The Bertz CT molecular complexity index is 736. The number of pyridine rings is 1. The van der Waals surface area contributed by atoms with Gasteiger partial charge in [0.1, 0.15) is 5.92 Å². The number of nitrogens with zero attached hydrogens (tertiary/aromatic N) is 3. The molecular weight excluding hydrogens is 270 g/mol. The van der Waals surface area contributed by atoms with Gasteiger partial charge in [0.25, 0.3) is 5.69 Å². The van der Waals surface area contributed by atoms with E-state index in [9.17, 15) is 20.2 Å². The third kappa shape index (κ3) is 2.92. The van der Waals surface area contributed by atoms with Gasteiger partial charge in [-0.25, -0.2) is 0 Å². The van der Waals surface area contributed by atoms with Crippen LogP contribution in [-0.4, -0.2) is 15.7 Å². The number of rotatable bonds is 4. The molecule has 1 unspecified atom stereocenters. The summed E-state index contributed by atoms with van der Waals surface area (Å²) >= 11 is 0. The molecule has 6 nitrogen and oxygen atoms in total. The molecule has 1 aromatic heterocycles. The average molecular weight is 281 g/mol. The minimum absolute atomic E-state index is 0.0542. The van der Waals surface area contributed by atoms with E-state index in [2.05, 4.69) is 4.98 Å². The summed E-state index contributed by atoms with van der Waals surface area (Å²) in [6.45, 7) is 1.56. The molecule has 0 aliphatic heterocycles. The van der Waals surface area contributed by atoms with Gasteiger partial charge >= 0.3 is 0 Å². The van der Waals surface area contributed by atoms with Crippen LogP contribution in [-0.2, 0) is 0 Å². The second-order valence-corrected chi connectivity index (χ2v) is 4.47. The molecule has 2 rings (SSSR count). The van der Waals surface area contributed by atoms with Gasteiger partial charge in [-0.3, -0.25) is 19.9 Å². The number of nitriles is 1. The zero-order chi connectivity index (χ0) is 15.4. The van der Waals surface area contributed by atoms with E-state index in [-0.39, 0.29) is 11.3 Å². The van der Waals surface area contributed by atoms with Gasteiger partial charge in [0.2, 0.25) is 0 Å². The molecule has 0 amide bonds. The predicted octanol–water partition coefficient (Wildman–Crippen LogP) is 2.79. The van der Waals surface area contributed by atoms with Crippen molar-refractivity contribution in [2.24, 2.45) is 0 Å². The lowest BCUT2D eigenvalue weighted by Crippen LogP contribution is -2.12. The lowest BCUT2D eigenvalue weighted by atomic mass is 9.92. The van der Waals surface area contributed by atoms with Crippen molar-refractivity contribution in [1.82, 2.24) is 4.98 Å². The van der Waals surface area contributed by atoms with E-state index in [1.165, 1.54) is 24.4 Å². The minimum Gasteiger partial charge on any atom is -0.292 e. The van der Waals surface area contributed by atoms with Crippen LogP contribution in [0.3, 0.4) is 0 Å². The lowest BCUT2D eigenvalue weighted by molar-refractivity contribution is -0.385. The van der Waals surface area contributed by atoms with Gasteiger partial charge in [-0.05, 0) is 30.7 Å². The van der Waals surface area contributed by atoms with Crippen LogP contribution in [0.25, 0.3) is 0 Å². The van der Waals surface area contributed by atoms with Gasteiger partial charge in [-0.1, -0.05) is 6.07 Å². The van der Waals surface area contributed by atoms with E-state index in [1.807, 2.05) is 6.07 Å². The Morgan fingerprint density at radius 1 is 1.43 bits per heavy atom. The number of Topliss-reactive ketones (excluding diaryl/α,β-unsaturated/α-hetero) is 1. The molecule has 0 aliphatic carbocycles. The maximum atomic E-state index is 12.4. The first-order chi connectivity index (χ1) is 10.0. The molecule has 0 aliphatic rings. The van der Waals surface area contributed by atoms with E-state index in [0.717, 1.165) is 0 Å². The Labute approximate surface area is 120 Å². The largest absolute Gasteiger partial charge is 0.292 e. The fraction of sp³-hybridized carbons (Fsp3) is 0.133. The van der Waals surface area contributed by atoms with Crippen molar-refractivity contribution in [2.75, 3.05) is 0 Å². The lowest BCUT2D eigenvalue weighted by Gasteiger charge is -2.08. The summed E-state index contributed by atoms with van der Waals surface area (Å²) in [7, 11) is 0. The molecule has 104 valence electrons. The van der Waals surface area contributed by atoms with Crippen molar-refractivity contribution in [1.29, 1.82) is 5.26 Å². The number of aryl methyl sites for hydroxylation is 1. The summed E-state index contributed by atoms with van der Waals surface area (Å²) in [6.07, 6.45) is 3.02. The Morgan fingerprint density at radius 2 is 2.19 bits per heavy atom. The fourth-order valence-electron chi connectivity index (χ4n) is 2.01. The van der Waals surface area contributed by atoms with Crippen LogP contribution in [0.15, 0.2) is 42.7 Å². The highest BCUT2D eigenvalue weighted by Gasteiger charge is 2.23. The Hall–Kier alpha value is -3.07. The number of hydrogen-bond acceptors (Lipinski definition) is 5. The van der Waals surface area contributed by atoms with E-state index in [4.69, 9.17) is 0 Å². The van der Waals surface area contributed by atoms with Crippen LogP contribution >= 0.6 is 0 Å². The minimum atomic E-state index is -0.973. The maximum absolute atomic E-state index is 12.4. The molecule has 0 radical (unpaired) electrons. The fourth-order valence-corrected chi connectivity index (χ4v) is 2.01. The van der Waals surface area contributed by atoms with E-state index < -0.39 is 16.6 Å². The molecule has 1 atom stereocenters. The SMILES string of the molecule is Cc1cc(C(=O)C(C#N)c2cccnc2)ccc1[N+](=O)[O-]. The molecule has 2 aromatic rings. The quantitative estimate of drug-likeness (QED) is 0.487. The molecule has 0 saturated carbocycles. The number of nitro groups is 1. The first kappa shape index (κ1) is 14.3. The van der Waals surface area contributed by atoms with Gasteiger partial charge < -0.3 is 0 Å². The van der Waals surface area contributed by atoms with E-state index in [0.29, 0.717) is 11.1 Å². The molecule has 21 heavy (non-hydrogen) atoms. The number of benzene rings is 1. The third-order valence-corrected chi connectivity index (χ3v) is 3.09. The van der Waals surface area contributed by atoms with Crippen molar-refractivity contribution in [3.63, 3.8) is 0 Å². The summed E-state index contributed by atoms with van der Waals surface area (Å²) in [5.41, 5.74) is 1.10. The second kappa shape index (κ2) is 5.92. The van der Waals surface area contributed by atoms with Crippen LogP contribution in [0.1, 0.15) is 27.4 Å². The van der Waals surface area contributed by atoms with Crippen LogP contribution in [0.4, 0.5) is 5.69 Å². The van der Waals surface area contributed by atoms with Gasteiger partial charge in [-0.15, -0.1) is 0 Å². The standard InChI is InChI=1S/C15H11N3O3/c1-10-7-11(4-5-14(10)18(20)21)15(19)13(8-16)12-3-2-6-17-9-12/h2-7,9,13H,1H3. The van der Waals surface area contributed by atoms with Crippen LogP contribution in [0.2, 0.25) is 0 Å². The van der Waals surface area contributed by atoms with Gasteiger partial charge in [0.05, 0.1) is 11.0 Å². The second-order valence-electron chi connectivity index (χ2n) is 4.47. The van der Waals surface area contributed by atoms with Crippen molar-refractivity contribution >= 4 is 11.5 Å². The van der Waals surface area contributed by atoms with E-state index in [1.54, 1.807) is 25.3 Å². The maximum Gasteiger partial charge on any atom is 0.272 e. The molecule has 1 aromatic carbocycles. The molecule has 0 spiro atoms. The first-order valence-electron chi connectivity index (χ1n) is 6.13. The summed E-state index contributed by atoms with van der Waals surface area (Å²) < 4.78 is 0. The van der Waals surface area contributed by atoms with Crippen molar-refractivity contribution < 1.29 is 9.72 Å². The van der Waals surface area contributed by atoms with Crippen molar-refractivity contribution in [2.45, 2.75) is 12.8 Å². The Kier molecular flexibility index (Phi) is 4.05. The van der Waals surface area contributed by atoms with Gasteiger partial charge in [-0.2, -0.15) is 5.26 Å². The predicted molar refractivity (Wildman–Crippen MR) is 74.8 cm³/mol. The number of hydrogen-bond donors (Lipinski definition) is 0. The van der Waals surface area contributed by atoms with Crippen molar-refractivity contribution in [3.05, 3.63) is 69.5 Å². The summed E-state index contributed by atoms with van der Waals surface area (Å²) in [4.78, 5) is 26.5. The molecule has 6 heteroatoms. The van der Waals surface area contributed by atoms with Crippen LogP contribution < -0.4 is 0 Å². The normalized spacial score (nSPS) is 11.4. The van der Waals surface area contributed by atoms with Gasteiger partial charge in [0.15, 0.2) is 5.78 Å². The highest BCUT2D eigenvalue weighted by molar-refractivity contribution is 6.03. The summed E-state index contributed by atoms with van der Waals surface area (Å²) in [6, 6.07) is 9.33. The zero-order valence-electron chi connectivity index (χ0n) is 11.2. The van der Waals surface area contributed by atoms with Crippen molar-refractivity contribution in [3.8, 4) is 6.07 Å². The monoisotopic (exact) mass is 281 g/mol. The smallest absolute Gasteiger partial charge is 0.272 e. The number of carbonyl (C=O) groups excluding carboxylic acids is 1.